The SMILES string of the molecule is C=C(C)C1CC(C(=O)NC(C(=O)C(N)=O)C(O)(O)C2(O)C(O)(O)C(C)(O)C2(O)O)N(C(=O)C(NC(=O)NC(C)(C)C)C(C)(C)C)C1. The highest BCUT2D eigenvalue weighted by Gasteiger charge is 2.94. The molecule has 2 rings (SSSR count). The van der Waals surface area contributed by atoms with E-state index in [4.69, 9.17) is 5.73 Å². The predicted octanol–water partition coefficient (Wildman–Crippen LogP) is -4.63. The highest BCUT2D eigenvalue weighted by Crippen LogP contribution is 2.59. The molecule has 2 fully saturated rings. The number of carbonyl (C=O) groups excluding carboxylic acids is 5. The molecule has 2 aliphatic rings. The van der Waals surface area contributed by atoms with Crippen molar-refractivity contribution in [3.63, 3.8) is 0 Å². The number of carbonyl (C=O) groups is 5. The molecule has 0 radical (unpaired) electrons. The second-order valence-electron chi connectivity index (χ2n) is 14.5. The summed E-state index contributed by atoms with van der Waals surface area (Å²) >= 11 is 0. The van der Waals surface area contributed by atoms with Gasteiger partial charge in [0.2, 0.25) is 40.6 Å². The monoisotopic (exact) mass is 661 g/mol. The Labute approximate surface area is 265 Å². The van der Waals surface area contributed by atoms with Gasteiger partial charge in [-0.05, 0) is 52.4 Å². The molecule has 1 saturated carbocycles. The minimum atomic E-state index is -4.54. The van der Waals surface area contributed by atoms with Crippen molar-refractivity contribution in [1.82, 2.24) is 20.9 Å². The van der Waals surface area contributed by atoms with E-state index in [9.17, 15) is 64.8 Å². The minimum absolute atomic E-state index is 0.140. The largest absolute Gasteiger partial charge is 0.379 e. The fourth-order valence-electron chi connectivity index (χ4n) is 5.59. The van der Waals surface area contributed by atoms with E-state index in [2.05, 4.69) is 17.2 Å². The van der Waals surface area contributed by atoms with Gasteiger partial charge < -0.3 is 67.4 Å². The third-order valence-electron chi connectivity index (χ3n) is 8.55. The molecule has 1 aliphatic carbocycles. The van der Waals surface area contributed by atoms with Crippen molar-refractivity contribution in [1.29, 1.82) is 0 Å². The number of nitrogens with one attached hydrogen (secondary N) is 3. The molecular weight excluding hydrogens is 614 g/mol. The lowest BCUT2D eigenvalue weighted by Crippen LogP contribution is -3.01. The Balaban J connectivity index is 2.58. The predicted molar refractivity (Wildman–Crippen MR) is 156 cm³/mol. The number of rotatable bonds is 9. The number of ketones is 1. The first-order valence-electron chi connectivity index (χ1n) is 14.3. The van der Waals surface area contributed by atoms with Gasteiger partial charge in [0, 0.05) is 12.1 Å². The number of primary amides is 1. The average molecular weight is 662 g/mol. The summed E-state index contributed by atoms with van der Waals surface area (Å²) in [4.78, 5) is 66.2. The third kappa shape index (κ3) is 6.11. The Kier molecular flexibility index (Phi) is 9.98. The lowest BCUT2D eigenvalue weighted by atomic mass is 9.51. The number of Topliss-reactive ketones (excluding diaryl/α,β-unsaturated/α-hetero) is 1. The Morgan fingerprint density at radius 2 is 1.37 bits per heavy atom. The van der Waals surface area contributed by atoms with Gasteiger partial charge in [0.15, 0.2) is 11.6 Å². The normalized spacial score (nSPS) is 28.7. The number of likely N-dealkylation sites (tertiary alicyclic amines) is 1. The number of hydrogen-bond acceptors (Lipinski definition) is 13. The molecule has 18 nitrogen and oxygen atoms in total. The summed E-state index contributed by atoms with van der Waals surface area (Å²) in [5.41, 5.74) is -4.03. The van der Waals surface area contributed by atoms with Crippen molar-refractivity contribution in [3.8, 4) is 0 Å². The zero-order valence-corrected chi connectivity index (χ0v) is 27.1. The molecule has 0 aromatic heterocycles. The van der Waals surface area contributed by atoms with Gasteiger partial charge in [0.25, 0.3) is 5.91 Å². The summed E-state index contributed by atoms with van der Waals surface area (Å²) in [6.07, 6.45) is -0.174. The van der Waals surface area contributed by atoms with Gasteiger partial charge in [-0.25, -0.2) is 4.79 Å². The molecule has 0 aromatic rings. The zero-order valence-electron chi connectivity index (χ0n) is 27.1. The van der Waals surface area contributed by atoms with Gasteiger partial charge in [-0.1, -0.05) is 32.9 Å². The molecule has 1 heterocycles. The molecule has 4 atom stereocenters. The van der Waals surface area contributed by atoms with Gasteiger partial charge in [0.1, 0.15) is 12.1 Å². The number of aliphatic hydroxyl groups is 8. The highest BCUT2D eigenvalue weighted by molar-refractivity contribution is 6.38. The molecule has 0 aromatic carbocycles. The van der Waals surface area contributed by atoms with Crippen molar-refractivity contribution < 1.29 is 64.8 Å². The van der Waals surface area contributed by atoms with Crippen molar-refractivity contribution in [3.05, 3.63) is 12.2 Å². The molecule has 262 valence electrons. The Hall–Kier alpha value is -3.23. The van der Waals surface area contributed by atoms with Crippen LogP contribution in [0.1, 0.15) is 61.8 Å². The third-order valence-corrected chi connectivity index (χ3v) is 8.55. The maximum atomic E-state index is 14.0. The summed E-state index contributed by atoms with van der Waals surface area (Å²) in [6, 6.07) is -6.65. The van der Waals surface area contributed by atoms with Gasteiger partial charge in [0.05, 0.1) is 0 Å². The molecule has 46 heavy (non-hydrogen) atoms. The molecule has 13 N–H and O–H groups in total. The summed E-state index contributed by atoms with van der Waals surface area (Å²) in [5.74, 6) is -19.6. The van der Waals surface area contributed by atoms with Gasteiger partial charge in [-0.15, -0.1) is 0 Å². The smallest absolute Gasteiger partial charge is 0.315 e. The first-order chi connectivity index (χ1) is 20.3. The Morgan fingerprint density at radius 1 is 0.891 bits per heavy atom. The molecule has 0 spiro atoms. The van der Waals surface area contributed by atoms with E-state index >= 15 is 0 Å². The fraction of sp³-hybridized carbons (Fsp3) is 0.750. The van der Waals surface area contributed by atoms with Crippen LogP contribution >= 0.6 is 0 Å². The average Bonchev–Trinajstić information content (AvgIpc) is 3.32. The van der Waals surface area contributed by atoms with Gasteiger partial charge in [-0.3, -0.25) is 19.2 Å². The highest BCUT2D eigenvalue weighted by atomic mass is 16.7. The van der Waals surface area contributed by atoms with Gasteiger partial charge >= 0.3 is 6.03 Å². The van der Waals surface area contributed by atoms with Gasteiger partial charge in [-0.2, -0.15) is 0 Å². The van der Waals surface area contributed by atoms with Crippen LogP contribution < -0.4 is 21.7 Å². The second kappa shape index (κ2) is 11.8. The van der Waals surface area contributed by atoms with E-state index < -0.39 is 93.1 Å². The number of urea groups is 1. The molecule has 1 aliphatic heterocycles. The number of hydrogen-bond donors (Lipinski definition) is 12. The van der Waals surface area contributed by atoms with Crippen LogP contribution in [0.15, 0.2) is 12.2 Å². The van der Waals surface area contributed by atoms with Crippen LogP contribution in [0.5, 0.6) is 0 Å². The van der Waals surface area contributed by atoms with E-state index in [-0.39, 0.29) is 13.0 Å². The van der Waals surface area contributed by atoms with Crippen LogP contribution in [0, 0.1) is 11.3 Å². The van der Waals surface area contributed by atoms with Crippen molar-refractivity contribution in [2.75, 3.05) is 6.54 Å². The minimum Gasteiger partial charge on any atom is -0.379 e. The first-order valence-corrected chi connectivity index (χ1v) is 14.3. The molecule has 0 bridgehead atoms. The first kappa shape index (κ1) is 39.0. The topological polar surface area (TPSA) is 313 Å². The van der Waals surface area contributed by atoms with Crippen LogP contribution in [-0.2, 0) is 19.2 Å². The van der Waals surface area contributed by atoms with Crippen LogP contribution in [-0.4, -0.2) is 134 Å². The van der Waals surface area contributed by atoms with Crippen molar-refractivity contribution in [2.24, 2.45) is 17.1 Å². The lowest BCUT2D eigenvalue weighted by Gasteiger charge is -2.68. The molecule has 4 unspecified atom stereocenters. The number of nitrogens with zero attached hydrogens (tertiary/aromatic N) is 1. The fourth-order valence-corrected chi connectivity index (χ4v) is 5.59. The Morgan fingerprint density at radius 3 is 1.76 bits per heavy atom. The molecule has 1 saturated heterocycles. The van der Waals surface area contributed by atoms with E-state index in [0.29, 0.717) is 12.5 Å². The standard InChI is InChI=1S/C28H47N5O13/c1-12(2)13-10-14(33(11-13)20(37)17(22(3,4)5)31-21(38)32-23(6,7)8)19(36)30-16(15(34)18(29)35)25(40,41)26(42)27(43,44)24(9,39)28(26,45)46/h13-14,16-17,39-46H,1,10-11H2,2-9H3,(H2,29,35)(H,30,36)(H2,31,32,38). The maximum absolute atomic E-state index is 14.0. The summed E-state index contributed by atoms with van der Waals surface area (Å²) in [5, 5.41) is 91.1. The maximum Gasteiger partial charge on any atom is 0.315 e. The van der Waals surface area contributed by atoms with Crippen LogP contribution in [0.25, 0.3) is 0 Å². The summed E-state index contributed by atoms with van der Waals surface area (Å²) < 4.78 is 0. The van der Waals surface area contributed by atoms with Crippen molar-refractivity contribution in [2.45, 2.75) is 114 Å². The van der Waals surface area contributed by atoms with Crippen LogP contribution in [0.3, 0.4) is 0 Å². The number of nitrogens with two attached hydrogens (primary N) is 1. The summed E-state index contributed by atoms with van der Waals surface area (Å²) in [7, 11) is 0. The zero-order chi connectivity index (χ0) is 36.4. The van der Waals surface area contributed by atoms with Crippen LogP contribution in [0.4, 0.5) is 4.79 Å². The molecule has 18 heteroatoms. The quantitative estimate of drug-likeness (QED) is 0.0629. The lowest BCUT2D eigenvalue weighted by molar-refractivity contribution is -0.585. The van der Waals surface area contributed by atoms with Crippen molar-refractivity contribution >= 4 is 29.5 Å². The van der Waals surface area contributed by atoms with E-state index in [0.717, 1.165) is 4.90 Å². The van der Waals surface area contributed by atoms with Crippen LogP contribution in [0.2, 0.25) is 0 Å². The molecule has 5 amide bonds. The Bertz CT molecular complexity index is 1280. The molecular formula is C28H47N5O13. The van der Waals surface area contributed by atoms with E-state index in [1.54, 1.807) is 53.8 Å². The summed E-state index contributed by atoms with van der Waals surface area (Å²) in [6.45, 7) is 15.7. The number of amides is 5. The second-order valence-corrected chi connectivity index (χ2v) is 14.5. The van der Waals surface area contributed by atoms with E-state index in [1.165, 1.54) is 0 Å². The van der Waals surface area contributed by atoms with E-state index in [1.807, 2.05) is 0 Å².